The van der Waals surface area contributed by atoms with Crippen molar-refractivity contribution in [1.29, 1.82) is 0 Å². The molecule has 0 saturated heterocycles. The molecular weight excluding hydrogens is 331 g/mol. The van der Waals surface area contributed by atoms with Crippen molar-refractivity contribution in [3.05, 3.63) is 77.5 Å². The van der Waals surface area contributed by atoms with E-state index in [2.05, 4.69) is 26.3 Å². The Morgan fingerprint density at radius 3 is 2.81 bits per heavy atom. The number of pyridine rings is 1. The summed E-state index contributed by atoms with van der Waals surface area (Å²) in [5.74, 6) is -0.0106. The summed E-state index contributed by atoms with van der Waals surface area (Å²) >= 11 is 0. The molecule has 3 heterocycles. The highest BCUT2D eigenvalue weighted by molar-refractivity contribution is 6.06. The van der Waals surface area contributed by atoms with Crippen LogP contribution in [0.15, 0.2) is 65.6 Å². The molecule has 1 aliphatic heterocycles. The Hall–Kier alpha value is -3.28. The molecule has 5 nitrogen and oxygen atoms in total. The fourth-order valence-corrected chi connectivity index (χ4v) is 3.01. The number of rotatable bonds is 3. The molecule has 0 unspecified atom stereocenters. The SMILES string of the molecule is O=C(NC1=NC=C(Cc2c[nH]c3ncccc23)CC1)c1ccc(F)cc1. The monoisotopic (exact) mass is 348 g/mol. The van der Waals surface area contributed by atoms with Crippen molar-refractivity contribution >= 4 is 22.8 Å². The van der Waals surface area contributed by atoms with E-state index in [9.17, 15) is 9.18 Å². The van der Waals surface area contributed by atoms with E-state index in [0.717, 1.165) is 23.9 Å². The first kappa shape index (κ1) is 16.2. The predicted octanol–water partition coefficient (Wildman–Crippen LogP) is 3.75. The number of benzene rings is 1. The highest BCUT2D eigenvalue weighted by atomic mass is 19.1. The molecule has 130 valence electrons. The summed E-state index contributed by atoms with van der Waals surface area (Å²) in [5.41, 5.74) is 3.69. The van der Waals surface area contributed by atoms with Crippen molar-refractivity contribution in [3.8, 4) is 0 Å². The number of hydrogen-bond acceptors (Lipinski definition) is 3. The van der Waals surface area contributed by atoms with Crippen molar-refractivity contribution in [3.63, 3.8) is 0 Å². The van der Waals surface area contributed by atoms with E-state index in [0.29, 0.717) is 17.8 Å². The first-order chi connectivity index (χ1) is 12.7. The summed E-state index contributed by atoms with van der Waals surface area (Å²) in [5, 5.41) is 3.91. The Kier molecular flexibility index (Phi) is 4.31. The molecule has 1 amide bonds. The highest BCUT2D eigenvalue weighted by Gasteiger charge is 2.14. The second kappa shape index (κ2) is 6.92. The van der Waals surface area contributed by atoms with Gasteiger partial charge in [0.2, 0.25) is 0 Å². The van der Waals surface area contributed by atoms with Crippen LogP contribution in [0.4, 0.5) is 4.39 Å². The van der Waals surface area contributed by atoms with Crippen LogP contribution in [0.5, 0.6) is 0 Å². The van der Waals surface area contributed by atoms with Crippen LogP contribution in [-0.4, -0.2) is 21.7 Å². The molecule has 4 rings (SSSR count). The molecule has 0 aliphatic carbocycles. The van der Waals surface area contributed by atoms with Gasteiger partial charge in [-0.1, -0.05) is 0 Å². The highest BCUT2D eigenvalue weighted by Crippen LogP contribution is 2.22. The Bertz CT molecular complexity index is 1020. The van der Waals surface area contributed by atoms with Gasteiger partial charge in [0, 0.05) is 36.0 Å². The average molecular weight is 348 g/mol. The maximum atomic E-state index is 12.9. The Morgan fingerprint density at radius 2 is 2.04 bits per heavy atom. The lowest BCUT2D eigenvalue weighted by molar-refractivity contribution is 0.0976. The number of aromatic nitrogens is 2. The number of fused-ring (bicyclic) bond motifs is 1. The maximum Gasteiger partial charge on any atom is 0.256 e. The van der Waals surface area contributed by atoms with E-state index >= 15 is 0 Å². The molecular formula is C20H17FN4O. The number of carbonyl (C=O) groups excluding carboxylic acids is 1. The average Bonchev–Trinajstić information content (AvgIpc) is 3.07. The second-order valence-electron chi connectivity index (χ2n) is 6.21. The molecule has 2 N–H and O–H groups in total. The first-order valence-corrected chi connectivity index (χ1v) is 8.41. The summed E-state index contributed by atoms with van der Waals surface area (Å²) in [6.45, 7) is 0. The van der Waals surface area contributed by atoms with Crippen LogP contribution in [0.2, 0.25) is 0 Å². The maximum absolute atomic E-state index is 12.9. The quantitative estimate of drug-likeness (QED) is 0.757. The molecule has 1 aliphatic rings. The molecule has 2 aromatic heterocycles. The Balaban J connectivity index is 1.44. The predicted molar refractivity (Wildman–Crippen MR) is 98.4 cm³/mol. The van der Waals surface area contributed by atoms with Crippen LogP contribution in [0.1, 0.15) is 28.8 Å². The minimum atomic E-state index is -0.364. The van der Waals surface area contributed by atoms with E-state index in [1.165, 1.54) is 35.4 Å². The van der Waals surface area contributed by atoms with Crippen molar-refractivity contribution in [1.82, 2.24) is 15.3 Å². The number of aromatic amines is 1. The van der Waals surface area contributed by atoms with Gasteiger partial charge in [-0.3, -0.25) is 4.79 Å². The van der Waals surface area contributed by atoms with Crippen LogP contribution >= 0.6 is 0 Å². The topological polar surface area (TPSA) is 70.1 Å². The number of nitrogens with zero attached hydrogens (tertiary/aromatic N) is 2. The standard InChI is InChI=1S/C20H17FN4O/c21-16-6-4-14(5-7-16)20(26)25-18-8-3-13(11-23-18)10-15-12-24-19-17(15)2-1-9-22-19/h1-2,4-7,9,11-12H,3,8,10H2,(H,22,24)(H,23,25,26). The van der Waals surface area contributed by atoms with Gasteiger partial charge in [-0.25, -0.2) is 14.4 Å². The summed E-state index contributed by atoms with van der Waals surface area (Å²) in [4.78, 5) is 24.0. The van der Waals surface area contributed by atoms with E-state index < -0.39 is 0 Å². The van der Waals surface area contributed by atoms with E-state index in [4.69, 9.17) is 0 Å². The lowest BCUT2D eigenvalue weighted by Gasteiger charge is -2.14. The lowest BCUT2D eigenvalue weighted by atomic mass is 10.0. The zero-order chi connectivity index (χ0) is 17.9. The van der Waals surface area contributed by atoms with Gasteiger partial charge in [0.1, 0.15) is 17.3 Å². The van der Waals surface area contributed by atoms with Gasteiger partial charge < -0.3 is 10.3 Å². The number of amides is 1. The molecule has 0 atom stereocenters. The Morgan fingerprint density at radius 1 is 1.19 bits per heavy atom. The van der Waals surface area contributed by atoms with Crippen molar-refractivity contribution in [2.75, 3.05) is 0 Å². The molecule has 0 fully saturated rings. The van der Waals surface area contributed by atoms with Gasteiger partial charge >= 0.3 is 0 Å². The first-order valence-electron chi connectivity index (χ1n) is 8.41. The van der Waals surface area contributed by atoms with Crippen LogP contribution < -0.4 is 5.32 Å². The fraction of sp³-hybridized carbons (Fsp3) is 0.150. The van der Waals surface area contributed by atoms with Gasteiger partial charge in [-0.15, -0.1) is 0 Å². The summed E-state index contributed by atoms with van der Waals surface area (Å²) in [6.07, 6.45) is 7.86. The number of amidine groups is 1. The summed E-state index contributed by atoms with van der Waals surface area (Å²) in [7, 11) is 0. The summed E-state index contributed by atoms with van der Waals surface area (Å²) < 4.78 is 12.9. The lowest BCUT2D eigenvalue weighted by Crippen LogP contribution is -2.31. The van der Waals surface area contributed by atoms with Crippen molar-refractivity contribution in [2.45, 2.75) is 19.3 Å². The van der Waals surface area contributed by atoms with Crippen LogP contribution in [0.25, 0.3) is 11.0 Å². The molecule has 6 heteroatoms. The van der Waals surface area contributed by atoms with Crippen molar-refractivity contribution < 1.29 is 9.18 Å². The smallest absolute Gasteiger partial charge is 0.256 e. The number of H-pyrrole nitrogens is 1. The zero-order valence-corrected chi connectivity index (χ0v) is 14.0. The van der Waals surface area contributed by atoms with Gasteiger partial charge in [-0.05, 0) is 60.4 Å². The number of carbonyl (C=O) groups is 1. The van der Waals surface area contributed by atoms with Crippen LogP contribution in [0, 0.1) is 5.82 Å². The molecule has 0 radical (unpaired) electrons. The molecule has 3 aromatic rings. The summed E-state index contributed by atoms with van der Waals surface area (Å²) in [6, 6.07) is 9.43. The third-order valence-electron chi connectivity index (χ3n) is 4.40. The van der Waals surface area contributed by atoms with Crippen molar-refractivity contribution in [2.24, 2.45) is 4.99 Å². The van der Waals surface area contributed by atoms with Gasteiger partial charge in [-0.2, -0.15) is 0 Å². The molecule has 26 heavy (non-hydrogen) atoms. The van der Waals surface area contributed by atoms with Crippen LogP contribution in [0.3, 0.4) is 0 Å². The fourth-order valence-electron chi connectivity index (χ4n) is 3.01. The van der Waals surface area contributed by atoms with Gasteiger partial charge in [0.15, 0.2) is 0 Å². The second-order valence-corrected chi connectivity index (χ2v) is 6.21. The number of nitrogens with one attached hydrogen (secondary N) is 2. The largest absolute Gasteiger partial charge is 0.346 e. The number of aliphatic imine (C=N–C) groups is 1. The third-order valence-corrected chi connectivity index (χ3v) is 4.40. The molecule has 0 saturated carbocycles. The van der Waals surface area contributed by atoms with E-state index in [1.54, 1.807) is 6.20 Å². The molecule has 1 aromatic carbocycles. The number of allylic oxidation sites excluding steroid dienone is 1. The van der Waals surface area contributed by atoms with Gasteiger partial charge in [0.25, 0.3) is 5.91 Å². The zero-order valence-electron chi connectivity index (χ0n) is 14.0. The minimum absolute atomic E-state index is 0.275. The third kappa shape index (κ3) is 3.39. The van der Waals surface area contributed by atoms with Gasteiger partial charge in [0.05, 0.1) is 0 Å². The minimum Gasteiger partial charge on any atom is -0.346 e. The normalized spacial score (nSPS) is 14.0. The molecule has 0 spiro atoms. The molecule has 0 bridgehead atoms. The number of hydrogen-bond donors (Lipinski definition) is 2. The number of halogens is 1. The van der Waals surface area contributed by atoms with E-state index in [1.807, 2.05) is 18.5 Å². The Labute approximate surface area is 149 Å². The van der Waals surface area contributed by atoms with Crippen LogP contribution in [-0.2, 0) is 6.42 Å². The van der Waals surface area contributed by atoms with E-state index in [-0.39, 0.29) is 11.7 Å².